The average Bonchev–Trinajstić information content (AvgIpc) is 2.96. The van der Waals surface area contributed by atoms with E-state index in [1.807, 2.05) is 13.8 Å². The fourth-order valence-electron chi connectivity index (χ4n) is 2.68. The van der Waals surface area contributed by atoms with E-state index in [0.29, 0.717) is 23.2 Å². The van der Waals surface area contributed by atoms with Crippen LogP contribution in [0.15, 0.2) is 27.4 Å². The Bertz CT molecular complexity index is 729. The maximum absolute atomic E-state index is 12.3. The van der Waals surface area contributed by atoms with Gasteiger partial charge in [0.1, 0.15) is 0 Å². The number of aromatic amines is 1. The molecule has 0 radical (unpaired) electrons. The van der Waals surface area contributed by atoms with Crippen LogP contribution in [0.4, 0.5) is 0 Å². The van der Waals surface area contributed by atoms with Crippen molar-refractivity contribution in [3.63, 3.8) is 0 Å². The lowest BCUT2D eigenvalue weighted by Crippen LogP contribution is -2.33. The Labute approximate surface area is 121 Å². The number of benzene rings is 1. The first-order valence-corrected chi connectivity index (χ1v) is 7.02. The summed E-state index contributed by atoms with van der Waals surface area (Å²) in [5, 5.41) is 2.85. The van der Waals surface area contributed by atoms with Crippen LogP contribution in [0.25, 0.3) is 11.1 Å². The molecule has 1 aliphatic rings. The quantitative estimate of drug-likeness (QED) is 0.903. The zero-order chi connectivity index (χ0) is 15.0. The highest BCUT2D eigenvalue weighted by Crippen LogP contribution is 2.28. The molecular weight excluding hydrogens is 272 g/mol. The van der Waals surface area contributed by atoms with Crippen LogP contribution in [0, 0.1) is 0 Å². The van der Waals surface area contributed by atoms with Crippen molar-refractivity contribution in [2.75, 3.05) is 6.54 Å². The molecule has 3 rings (SSSR count). The first kappa shape index (κ1) is 13.9. The van der Waals surface area contributed by atoms with Gasteiger partial charge in [0.2, 0.25) is 0 Å². The number of hydrogen-bond donors (Lipinski definition) is 2. The molecule has 1 fully saturated rings. The summed E-state index contributed by atoms with van der Waals surface area (Å²) in [7, 11) is 0. The summed E-state index contributed by atoms with van der Waals surface area (Å²) in [4.78, 5) is 26.0. The minimum Gasteiger partial charge on any atom is -0.408 e. The Morgan fingerprint density at radius 2 is 2.29 bits per heavy atom. The standard InChI is InChI=1S/C15H18N2O4/c1-15(2)7-6-9(21-15)8-16-13(18)10-4-3-5-11-12(10)17-14(19)20-11/h3-5,9H,6-8H2,1-2H3,(H,16,18)(H,17,19). The van der Waals surface area contributed by atoms with E-state index in [9.17, 15) is 9.59 Å². The zero-order valence-electron chi connectivity index (χ0n) is 12.1. The van der Waals surface area contributed by atoms with E-state index in [4.69, 9.17) is 9.15 Å². The number of oxazole rings is 1. The fourth-order valence-corrected chi connectivity index (χ4v) is 2.68. The molecule has 2 N–H and O–H groups in total. The van der Waals surface area contributed by atoms with Crippen LogP contribution in [-0.2, 0) is 4.74 Å². The van der Waals surface area contributed by atoms with Gasteiger partial charge in [-0.05, 0) is 38.8 Å². The lowest BCUT2D eigenvalue weighted by Gasteiger charge is -2.19. The van der Waals surface area contributed by atoms with Crippen molar-refractivity contribution in [2.24, 2.45) is 0 Å². The topological polar surface area (TPSA) is 84.3 Å². The largest absolute Gasteiger partial charge is 0.417 e. The first-order valence-electron chi connectivity index (χ1n) is 7.02. The van der Waals surface area contributed by atoms with E-state index in [1.54, 1.807) is 18.2 Å². The number of carbonyl (C=O) groups excluding carboxylic acids is 1. The van der Waals surface area contributed by atoms with Gasteiger partial charge in [-0.1, -0.05) is 6.07 Å². The molecule has 0 saturated carbocycles. The number of para-hydroxylation sites is 1. The molecule has 21 heavy (non-hydrogen) atoms. The number of hydrogen-bond acceptors (Lipinski definition) is 4. The van der Waals surface area contributed by atoms with E-state index in [-0.39, 0.29) is 17.6 Å². The number of fused-ring (bicyclic) bond motifs is 1. The van der Waals surface area contributed by atoms with Crippen molar-refractivity contribution in [2.45, 2.75) is 38.4 Å². The Hall–Kier alpha value is -2.08. The fraction of sp³-hybridized carbons (Fsp3) is 0.467. The van der Waals surface area contributed by atoms with E-state index in [2.05, 4.69) is 10.3 Å². The minimum atomic E-state index is -0.564. The number of rotatable bonds is 3. The summed E-state index contributed by atoms with van der Waals surface area (Å²) in [5.74, 6) is -0.808. The van der Waals surface area contributed by atoms with Crippen LogP contribution in [0.5, 0.6) is 0 Å². The maximum atomic E-state index is 12.3. The summed E-state index contributed by atoms with van der Waals surface area (Å²) in [6.45, 7) is 4.55. The number of carbonyl (C=O) groups is 1. The van der Waals surface area contributed by atoms with Crippen LogP contribution < -0.4 is 11.1 Å². The monoisotopic (exact) mass is 290 g/mol. The summed E-state index contributed by atoms with van der Waals surface area (Å²) < 4.78 is 10.8. The van der Waals surface area contributed by atoms with Crippen molar-refractivity contribution >= 4 is 17.0 Å². The number of nitrogens with one attached hydrogen (secondary N) is 2. The summed E-state index contributed by atoms with van der Waals surface area (Å²) in [6, 6.07) is 4.98. The van der Waals surface area contributed by atoms with Crippen molar-refractivity contribution in [1.82, 2.24) is 10.3 Å². The maximum Gasteiger partial charge on any atom is 0.417 e. The van der Waals surface area contributed by atoms with Gasteiger partial charge in [-0.3, -0.25) is 9.78 Å². The molecule has 2 aromatic rings. The van der Waals surface area contributed by atoms with Gasteiger partial charge in [-0.15, -0.1) is 0 Å². The average molecular weight is 290 g/mol. The number of ether oxygens (including phenoxy) is 1. The molecule has 1 amide bonds. The lowest BCUT2D eigenvalue weighted by molar-refractivity contribution is -0.0138. The lowest BCUT2D eigenvalue weighted by atomic mass is 10.1. The Kier molecular flexibility index (Phi) is 3.33. The predicted octanol–water partition coefficient (Wildman–Crippen LogP) is 1.81. The van der Waals surface area contributed by atoms with Gasteiger partial charge in [0.15, 0.2) is 5.58 Å². The highest BCUT2D eigenvalue weighted by molar-refractivity contribution is 6.04. The van der Waals surface area contributed by atoms with Crippen molar-refractivity contribution < 1.29 is 13.9 Å². The first-order chi connectivity index (χ1) is 9.94. The number of aromatic nitrogens is 1. The third-order valence-corrected chi connectivity index (χ3v) is 3.74. The summed E-state index contributed by atoms with van der Waals surface area (Å²) in [6.07, 6.45) is 1.95. The summed E-state index contributed by atoms with van der Waals surface area (Å²) in [5.41, 5.74) is 1.08. The molecule has 0 spiro atoms. The van der Waals surface area contributed by atoms with E-state index in [0.717, 1.165) is 12.8 Å². The van der Waals surface area contributed by atoms with Gasteiger partial charge in [0, 0.05) is 6.54 Å². The van der Waals surface area contributed by atoms with Crippen LogP contribution in [0.3, 0.4) is 0 Å². The molecule has 2 heterocycles. The van der Waals surface area contributed by atoms with Crippen LogP contribution in [-0.4, -0.2) is 29.1 Å². The van der Waals surface area contributed by atoms with E-state index >= 15 is 0 Å². The van der Waals surface area contributed by atoms with Gasteiger partial charge >= 0.3 is 5.76 Å². The molecule has 1 atom stereocenters. The SMILES string of the molecule is CC1(C)CCC(CNC(=O)c2cccc3oc(=O)[nH]c23)O1. The van der Waals surface area contributed by atoms with Crippen LogP contribution >= 0.6 is 0 Å². The molecular formula is C15H18N2O4. The van der Waals surface area contributed by atoms with Crippen LogP contribution in [0.1, 0.15) is 37.0 Å². The summed E-state index contributed by atoms with van der Waals surface area (Å²) >= 11 is 0. The highest BCUT2D eigenvalue weighted by Gasteiger charge is 2.31. The molecule has 6 nitrogen and oxygen atoms in total. The zero-order valence-corrected chi connectivity index (χ0v) is 12.1. The van der Waals surface area contributed by atoms with Gasteiger partial charge in [0.25, 0.3) is 5.91 Å². The number of H-pyrrole nitrogens is 1. The van der Waals surface area contributed by atoms with Gasteiger partial charge in [0.05, 0.1) is 22.8 Å². The Morgan fingerprint density at radius 3 is 3.00 bits per heavy atom. The molecule has 112 valence electrons. The minimum absolute atomic E-state index is 0.0338. The molecule has 1 saturated heterocycles. The second-order valence-electron chi connectivity index (χ2n) is 5.94. The molecule has 0 bridgehead atoms. The van der Waals surface area contributed by atoms with E-state index in [1.165, 1.54) is 0 Å². The molecule has 1 aromatic carbocycles. The number of amides is 1. The predicted molar refractivity (Wildman–Crippen MR) is 77.4 cm³/mol. The van der Waals surface area contributed by atoms with Crippen molar-refractivity contribution in [3.05, 3.63) is 34.3 Å². The van der Waals surface area contributed by atoms with Crippen molar-refractivity contribution in [1.29, 1.82) is 0 Å². The molecule has 1 unspecified atom stereocenters. The Morgan fingerprint density at radius 1 is 1.48 bits per heavy atom. The molecule has 1 aromatic heterocycles. The third kappa shape index (κ3) is 2.85. The smallest absolute Gasteiger partial charge is 0.408 e. The Balaban J connectivity index is 1.71. The van der Waals surface area contributed by atoms with Gasteiger partial charge in [-0.2, -0.15) is 0 Å². The van der Waals surface area contributed by atoms with Crippen LogP contribution in [0.2, 0.25) is 0 Å². The van der Waals surface area contributed by atoms with Gasteiger partial charge < -0.3 is 14.5 Å². The second kappa shape index (κ2) is 5.04. The second-order valence-corrected chi connectivity index (χ2v) is 5.94. The normalized spacial score (nSPS) is 20.8. The van der Waals surface area contributed by atoms with E-state index < -0.39 is 5.76 Å². The third-order valence-electron chi connectivity index (χ3n) is 3.74. The molecule has 1 aliphatic heterocycles. The highest BCUT2D eigenvalue weighted by atomic mass is 16.5. The molecule has 6 heteroatoms. The molecule has 0 aliphatic carbocycles. The van der Waals surface area contributed by atoms with Gasteiger partial charge in [-0.25, -0.2) is 4.79 Å². The van der Waals surface area contributed by atoms with Crippen molar-refractivity contribution in [3.8, 4) is 0 Å².